The summed E-state index contributed by atoms with van der Waals surface area (Å²) < 4.78 is 35.5. The molecule has 2 aromatic carbocycles. The summed E-state index contributed by atoms with van der Waals surface area (Å²) in [4.78, 5) is 15.6. The second kappa shape index (κ2) is 12.4. The van der Waals surface area contributed by atoms with Gasteiger partial charge < -0.3 is 20.1 Å². The van der Waals surface area contributed by atoms with Crippen molar-refractivity contribution in [1.29, 1.82) is 0 Å². The number of piperazine rings is 1. The molecule has 2 fully saturated rings. The first kappa shape index (κ1) is 29.4. The molecular weight excluding hydrogens is 566 g/mol. The van der Waals surface area contributed by atoms with Crippen LogP contribution >= 0.6 is 11.6 Å². The molecule has 1 aliphatic carbocycles. The highest BCUT2D eigenvalue weighted by atomic mass is 35.5. The summed E-state index contributed by atoms with van der Waals surface area (Å²) in [5.74, 6) is 0.113. The molecule has 0 atom stereocenters. The maximum atomic E-state index is 13.6. The van der Waals surface area contributed by atoms with Gasteiger partial charge in [-0.3, -0.25) is 4.79 Å². The Bertz CT molecular complexity index is 1530. The van der Waals surface area contributed by atoms with Gasteiger partial charge in [-0.05, 0) is 55.2 Å². The van der Waals surface area contributed by atoms with E-state index in [1.807, 2.05) is 23.1 Å². The number of aliphatic hydroxyl groups excluding tert-OH is 1. The molecule has 12 heteroatoms. The first-order valence-corrected chi connectivity index (χ1v) is 15.8. The van der Waals surface area contributed by atoms with Gasteiger partial charge in [0.1, 0.15) is 5.69 Å². The van der Waals surface area contributed by atoms with Gasteiger partial charge in [0.15, 0.2) is 0 Å². The summed E-state index contributed by atoms with van der Waals surface area (Å²) in [6.45, 7) is 4.63. The minimum absolute atomic E-state index is 0.0618. The molecule has 2 aliphatic rings. The number of anilines is 2. The number of nitrogens with one attached hydrogen (secondary N) is 1. The van der Waals surface area contributed by atoms with E-state index >= 15 is 0 Å². The Morgan fingerprint density at radius 3 is 2.56 bits per heavy atom. The first-order valence-electron chi connectivity index (χ1n) is 13.8. The van der Waals surface area contributed by atoms with Crippen molar-refractivity contribution in [3.8, 4) is 11.4 Å². The molecule has 1 aromatic heterocycles. The lowest BCUT2D eigenvalue weighted by Gasteiger charge is -2.35. The number of aromatic nitrogens is 2. The molecular formula is C29H36ClN5O5S. The van der Waals surface area contributed by atoms with Crippen LogP contribution in [0.2, 0.25) is 5.02 Å². The van der Waals surface area contributed by atoms with Crippen molar-refractivity contribution in [1.82, 2.24) is 14.1 Å². The summed E-state index contributed by atoms with van der Waals surface area (Å²) in [5.41, 5.74) is 2.31. The van der Waals surface area contributed by atoms with Crippen molar-refractivity contribution >= 4 is 33.0 Å². The number of ether oxygens (including phenoxy) is 1. The molecule has 0 radical (unpaired) electrons. The summed E-state index contributed by atoms with van der Waals surface area (Å²) in [5, 5.41) is 17.1. The van der Waals surface area contributed by atoms with E-state index in [4.69, 9.17) is 21.4 Å². The Hall–Kier alpha value is -3.12. The lowest BCUT2D eigenvalue weighted by atomic mass is 10.2. The van der Waals surface area contributed by atoms with E-state index in [1.165, 1.54) is 8.99 Å². The number of nitrogens with zero attached hydrogens (tertiary/aromatic N) is 4. The van der Waals surface area contributed by atoms with Crippen molar-refractivity contribution in [2.45, 2.75) is 31.9 Å². The number of aliphatic hydroxyl groups is 1. The minimum Gasteiger partial charge on any atom is -0.486 e. The Morgan fingerprint density at radius 2 is 1.85 bits per heavy atom. The molecule has 0 unspecified atom stereocenters. The van der Waals surface area contributed by atoms with Gasteiger partial charge in [-0.25, -0.2) is 8.42 Å². The smallest absolute Gasteiger partial charge is 0.316 e. The standard InChI is InChI=1S/C29H36ClN5O5S/c1-29(9-10-29)21-40-27-26(19-32-35(28(27)37)25-8-3-6-23(30)18-25)33-12-14-34(15-13-33)41(38,39)20-22-5-2-7-24(17-22)31-11-4-16-36/h2-3,5-8,17-19,31,36H,4,9-16,20-21H2,1H3. The van der Waals surface area contributed by atoms with Crippen LogP contribution in [-0.4, -0.2) is 73.5 Å². The number of hydrogen-bond acceptors (Lipinski definition) is 8. The summed E-state index contributed by atoms with van der Waals surface area (Å²) >= 11 is 6.16. The van der Waals surface area contributed by atoms with E-state index in [-0.39, 0.29) is 42.2 Å². The van der Waals surface area contributed by atoms with Crippen molar-refractivity contribution in [3.05, 3.63) is 75.7 Å². The summed E-state index contributed by atoms with van der Waals surface area (Å²) in [6, 6.07) is 14.3. The molecule has 1 aliphatic heterocycles. The third-order valence-corrected chi connectivity index (χ3v) is 9.63. The second-order valence-corrected chi connectivity index (χ2v) is 13.4. The van der Waals surface area contributed by atoms with Crippen LogP contribution in [0.5, 0.6) is 5.75 Å². The third kappa shape index (κ3) is 7.21. The number of sulfonamides is 1. The Labute approximate surface area is 245 Å². The predicted molar refractivity (Wildman–Crippen MR) is 161 cm³/mol. The summed E-state index contributed by atoms with van der Waals surface area (Å²) in [7, 11) is -3.56. The van der Waals surface area contributed by atoms with E-state index in [1.54, 1.807) is 36.5 Å². The molecule has 1 saturated heterocycles. The fraction of sp³-hybridized carbons (Fsp3) is 0.448. The van der Waals surface area contributed by atoms with Gasteiger partial charge >= 0.3 is 5.56 Å². The summed E-state index contributed by atoms with van der Waals surface area (Å²) in [6.07, 6.45) is 4.33. The van der Waals surface area contributed by atoms with Crippen LogP contribution in [0.1, 0.15) is 31.7 Å². The van der Waals surface area contributed by atoms with Gasteiger partial charge in [0.2, 0.25) is 15.8 Å². The predicted octanol–water partition coefficient (Wildman–Crippen LogP) is 3.51. The Kier molecular flexibility index (Phi) is 8.88. The number of benzene rings is 2. The SMILES string of the molecule is CC1(COc2c(N3CCN(S(=O)(=O)Cc4cccc(NCCCO)c4)CC3)cnn(-c3cccc(Cl)c3)c2=O)CC1. The molecule has 0 amide bonds. The second-order valence-electron chi connectivity index (χ2n) is 11.0. The van der Waals surface area contributed by atoms with E-state index in [0.717, 1.165) is 18.5 Å². The zero-order chi connectivity index (χ0) is 29.0. The van der Waals surface area contributed by atoms with Gasteiger partial charge in [-0.15, -0.1) is 0 Å². The maximum absolute atomic E-state index is 13.6. The van der Waals surface area contributed by atoms with Crippen LogP contribution in [-0.2, 0) is 15.8 Å². The Morgan fingerprint density at radius 1 is 1.10 bits per heavy atom. The van der Waals surface area contributed by atoms with Crippen LogP contribution in [0.4, 0.5) is 11.4 Å². The van der Waals surface area contributed by atoms with Gasteiger partial charge in [-0.1, -0.05) is 36.7 Å². The molecule has 5 rings (SSSR count). The van der Waals surface area contributed by atoms with Crippen LogP contribution in [0.25, 0.3) is 5.69 Å². The molecule has 41 heavy (non-hydrogen) atoms. The molecule has 1 saturated carbocycles. The lowest BCUT2D eigenvalue weighted by Crippen LogP contribution is -2.49. The number of rotatable bonds is 12. The number of hydrogen-bond donors (Lipinski definition) is 2. The molecule has 2 N–H and O–H groups in total. The normalized spacial score (nSPS) is 16.9. The van der Waals surface area contributed by atoms with E-state index in [0.29, 0.717) is 54.6 Å². The fourth-order valence-corrected chi connectivity index (χ4v) is 6.47. The van der Waals surface area contributed by atoms with Gasteiger partial charge in [0.25, 0.3) is 0 Å². The van der Waals surface area contributed by atoms with E-state index < -0.39 is 10.0 Å². The van der Waals surface area contributed by atoms with Gasteiger partial charge in [-0.2, -0.15) is 14.1 Å². The maximum Gasteiger partial charge on any atom is 0.316 e. The van der Waals surface area contributed by atoms with Crippen molar-refractivity contribution in [2.24, 2.45) is 5.41 Å². The van der Waals surface area contributed by atoms with Crippen molar-refractivity contribution in [3.63, 3.8) is 0 Å². The van der Waals surface area contributed by atoms with Crippen molar-refractivity contribution in [2.75, 3.05) is 56.2 Å². The quantitative estimate of drug-likeness (QED) is 0.303. The van der Waals surface area contributed by atoms with Crippen LogP contribution < -0.4 is 20.5 Å². The molecule has 10 nitrogen and oxygen atoms in total. The molecule has 220 valence electrons. The highest BCUT2D eigenvalue weighted by Gasteiger charge is 2.39. The zero-order valence-corrected chi connectivity index (χ0v) is 24.7. The van der Waals surface area contributed by atoms with E-state index in [9.17, 15) is 13.2 Å². The average molecular weight is 602 g/mol. The average Bonchev–Trinajstić information content (AvgIpc) is 3.69. The Balaban J connectivity index is 1.30. The first-order chi connectivity index (χ1) is 19.7. The molecule has 2 heterocycles. The monoisotopic (exact) mass is 601 g/mol. The topological polar surface area (TPSA) is 117 Å². The highest BCUT2D eigenvalue weighted by molar-refractivity contribution is 7.88. The highest BCUT2D eigenvalue weighted by Crippen LogP contribution is 2.45. The van der Waals surface area contributed by atoms with E-state index in [2.05, 4.69) is 17.3 Å². The lowest BCUT2D eigenvalue weighted by molar-refractivity contribution is 0.242. The third-order valence-electron chi connectivity index (χ3n) is 7.55. The van der Waals surface area contributed by atoms with Crippen LogP contribution in [0.15, 0.2) is 59.5 Å². The zero-order valence-electron chi connectivity index (χ0n) is 23.1. The van der Waals surface area contributed by atoms with Gasteiger partial charge in [0.05, 0.1) is 24.2 Å². The van der Waals surface area contributed by atoms with Crippen LogP contribution in [0.3, 0.4) is 0 Å². The van der Waals surface area contributed by atoms with Crippen LogP contribution in [0, 0.1) is 5.41 Å². The minimum atomic E-state index is -3.56. The van der Waals surface area contributed by atoms with Crippen molar-refractivity contribution < 1.29 is 18.3 Å². The molecule has 0 spiro atoms. The molecule has 0 bridgehead atoms. The largest absolute Gasteiger partial charge is 0.486 e. The van der Waals surface area contributed by atoms with Gasteiger partial charge in [0, 0.05) is 55.5 Å². The fourth-order valence-electron chi connectivity index (χ4n) is 4.78. The molecule has 3 aromatic rings. The number of halogens is 1.